The summed E-state index contributed by atoms with van der Waals surface area (Å²) in [7, 11) is 0. The normalized spacial score (nSPS) is 9.40. The van der Waals surface area contributed by atoms with Gasteiger partial charge in [-0.1, -0.05) is 0 Å². The molecular formula is C10H10N2O3. The van der Waals surface area contributed by atoms with Gasteiger partial charge >= 0.3 is 0 Å². The maximum Gasteiger partial charge on any atom is 0.290 e. The van der Waals surface area contributed by atoms with Crippen molar-refractivity contribution < 1.29 is 9.66 Å². The predicted molar refractivity (Wildman–Crippen MR) is 53.7 cm³/mol. The first-order valence-corrected chi connectivity index (χ1v) is 4.42. The SMILES string of the molecule is CCOc1cc(C)c([N+](=O)[O-])c(C#N)c1. The van der Waals surface area contributed by atoms with Crippen molar-refractivity contribution in [2.24, 2.45) is 0 Å². The molecule has 1 rings (SSSR count). The molecule has 0 fully saturated rings. The van der Waals surface area contributed by atoms with E-state index in [-0.39, 0.29) is 11.3 Å². The molecule has 0 atom stereocenters. The van der Waals surface area contributed by atoms with E-state index >= 15 is 0 Å². The molecule has 0 N–H and O–H groups in total. The Morgan fingerprint density at radius 1 is 1.60 bits per heavy atom. The number of hydrogen-bond acceptors (Lipinski definition) is 4. The molecule has 1 aromatic carbocycles. The fraction of sp³-hybridized carbons (Fsp3) is 0.300. The lowest BCUT2D eigenvalue weighted by molar-refractivity contribution is -0.385. The van der Waals surface area contributed by atoms with Crippen molar-refractivity contribution in [1.82, 2.24) is 0 Å². The van der Waals surface area contributed by atoms with Crippen LogP contribution in [0.1, 0.15) is 18.1 Å². The smallest absolute Gasteiger partial charge is 0.290 e. The summed E-state index contributed by atoms with van der Waals surface area (Å²) in [5.74, 6) is 0.483. The minimum absolute atomic E-state index is 0.0310. The van der Waals surface area contributed by atoms with Crippen molar-refractivity contribution in [3.8, 4) is 11.8 Å². The topological polar surface area (TPSA) is 76.2 Å². The minimum Gasteiger partial charge on any atom is -0.494 e. The lowest BCUT2D eigenvalue weighted by Crippen LogP contribution is -1.98. The number of nitro benzene ring substituents is 1. The summed E-state index contributed by atoms with van der Waals surface area (Å²) < 4.78 is 5.19. The van der Waals surface area contributed by atoms with Crippen LogP contribution in [0.3, 0.4) is 0 Å². The second-order valence-corrected chi connectivity index (χ2v) is 2.94. The molecule has 0 unspecified atom stereocenters. The van der Waals surface area contributed by atoms with Crippen LogP contribution < -0.4 is 4.74 Å². The van der Waals surface area contributed by atoms with Crippen LogP contribution in [0.5, 0.6) is 5.75 Å². The largest absolute Gasteiger partial charge is 0.494 e. The maximum absolute atomic E-state index is 10.7. The van der Waals surface area contributed by atoms with Crippen molar-refractivity contribution >= 4 is 5.69 Å². The summed E-state index contributed by atoms with van der Waals surface area (Å²) in [4.78, 5) is 10.1. The molecule has 0 amide bonds. The fourth-order valence-corrected chi connectivity index (χ4v) is 1.32. The summed E-state index contributed by atoms with van der Waals surface area (Å²) >= 11 is 0. The van der Waals surface area contributed by atoms with Gasteiger partial charge in [0.1, 0.15) is 17.4 Å². The van der Waals surface area contributed by atoms with Crippen molar-refractivity contribution in [3.63, 3.8) is 0 Å². The number of ether oxygens (including phenoxy) is 1. The molecule has 78 valence electrons. The Bertz CT molecular complexity index is 435. The third-order valence-electron chi connectivity index (χ3n) is 1.89. The van der Waals surface area contributed by atoms with Crippen LogP contribution in [-0.2, 0) is 0 Å². The molecular weight excluding hydrogens is 196 g/mol. The first kappa shape index (κ1) is 11.0. The number of nitrogens with zero attached hydrogens (tertiary/aromatic N) is 2. The molecule has 1 aromatic rings. The third kappa shape index (κ3) is 2.23. The van der Waals surface area contributed by atoms with Gasteiger partial charge in [-0.2, -0.15) is 5.26 Å². The van der Waals surface area contributed by atoms with E-state index in [1.807, 2.05) is 6.92 Å². The zero-order valence-corrected chi connectivity index (χ0v) is 8.48. The summed E-state index contributed by atoms with van der Waals surface area (Å²) in [6.45, 7) is 3.85. The minimum atomic E-state index is -0.552. The van der Waals surface area contributed by atoms with Crippen molar-refractivity contribution in [1.29, 1.82) is 5.26 Å². The van der Waals surface area contributed by atoms with Crippen LogP contribution in [0, 0.1) is 28.4 Å². The van der Waals surface area contributed by atoms with E-state index in [0.29, 0.717) is 17.9 Å². The Kier molecular flexibility index (Phi) is 3.24. The summed E-state index contributed by atoms with van der Waals surface area (Å²) in [6, 6.07) is 4.74. The standard InChI is InChI=1S/C10H10N2O3/c1-3-15-9-4-7(2)10(12(13)14)8(5-9)6-11/h4-5H,3H2,1-2H3. The molecule has 0 saturated heterocycles. The average molecular weight is 206 g/mol. The lowest BCUT2D eigenvalue weighted by atomic mass is 10.1. The molecule has 0 saturated carbocycles. The van der Waals surface area contributed by atoms with Gasteiger partial charge in [0.05, 0.1) is 11.5 Å². The summed E-state index contributed by atoms with van der Waals surface area (Å²) in [5.41, 5.74) is 0.312. The summed E-state index contributed by atoms with van der Waals surface area (Å²) in [6.07, 6.45) is 0. The van der Waals surface area contributed by atoms with Gasteiger partial charge in [0.25, 0.3) is 5.69 Å². The Labute approximate surface area is 87.1 Å². The van der Waals surface area contributed by atoms with E-state index < -0.39 is 4.92 Å². The molecule has 0 aliphatic rings. The number of hydrogen-bond donors (Lipinski definition) is 0. The van der Waals surface area contributed by atoms with Crippen LogP contribution >= 0.6 is 0 Å². The molecule has 0 bridgehead atoms. The Balaban J connectivity index is 3.32. The Hall–Kier alpha value is -2.09. The lowest BCUT2D eigenvalue weighted by Gasteiger charge is -2.05. The Morgan fingerprint density at radius 3 is 2.73 bits per heavy atom. The van der Waals surface area contributed by atoms with E-state index in [2.05, 4.69) is 0 Å². The van der Waals surface area contributed by atoms with E-state index in [4.69, 9.17) is 10.00 Å². The average Bonchev–Trinajstić information content (AvgIpc) is 2.16. The second kappa shape index (κ2) is 4.42. The van der Waals surface area contributed by atoms with Crippen LogP contribution in [0.4, 0.5) is 5.69 Å². The van der Waals surface area contributed by atoms with E-state index in [1.54, 1.807) is 19.1 Å². The van der Waals surface area contributed by atoms with E-state index in [0.717, 1.165) is 0 Å². The van der Waals surface area contributed by atoms with Gasteiger partial charge in [0.2, 0.25) is 0 Å². The van der Waals surface area contributed by atoms with E-state index in [1.165, 1.54) is 6.07 Å². The number of aryl methyl sites for hydroxylation is 1. The first-order chi connectivity index (χ1) is 7.10. The Morgan fingerprint density at radius 2 is 2.27 bits per heavy atom. The fourth-order valence-electron chi connectivity index (χ4n) is 1.32. The van der Waals surface area contributed by atoms with Gasteiger partial charge in [0.15, 0.2) is 0 Å². The number of nitriles is 1. The van der Waals surface area contributed by atoms with Crippen molar-refractivity contribution in [3.05, 3.63) is 33.4 Å². The summed E-state index contributed by atoms with van der Waals surface area (Å²) in [5, 5.41) is 19.5. The van der Waals surface area contributed by atoms with Crippen LogP contribution in [0.15, 0.2) is 12.1 Å². The van der Waals surface area contributed by atoms with Gasteiger partial charge in [-0.3, -0.25) is 10.1 Å². The third-order valence-corrected chi connectivity index (χ3v) is 1.89. The highest BCUT2D eigenvalue weighted by Crippen LogP contribution is 2.27. The van der Waals surface area contributed by atoms with Crippen LogP contribution in [0.2, 0.25) is 0 Å². The van der Waals surface area contributed by atoms with Gasteiger partial charge in [-0.15, -0.1) is 0 Å². The van der Waals surface area contributed by atoms with Gasteiger partial charge in [0, 0.05) is 11.6 Å². The highest BCUT2D eigenvalue weighted by Gasteiger charge is 2.18. The van der Waals surface area contributed by atoms with Crippen molar-refractivity contribution in [2.45, 2.75) is 13.8 Å². The van der Waals surface area contributed by atoms with Gasteiger partial charge in [-0.25, -0.2) is 0 Å². The molecule has 0 spiro atoms. The number of benzene rings is 1. The van der Waals surface area contributed by atoms with E-state index in [9.17, 15) is 10.1 Å². The highest BCUT2D eigenvalue weighted by atomic mass is 16.6. The second-order valence-electron chi connectivity index (χ2n) is 2.94. The maximum atomic E-state index is 10.7. The first-order valence-electron chi connectivity index (χ1n) is 4.42. The molecule has 15 heavy (non-hydrogen) atoms. The zero-order chi connectivity index (χ0) is 11.4. The molecule has 5 heteroatoms. The van der Waals surface area contributed by atoms with Crippen molar-refractivity contribution in [2.75, 3.05) is 6.61 Å². The molecule has 0 aliphatic carbocycles. The number of nitro groups is 1. The molecule has 0 radical (unpaired) electrons. The monoisotopic (exact) mass is 206 g/mol. The number of rotatable bonds is 3. The molecule has 0 heterocycles. The molecule has 0 aromatic heterocycles. The van der Waals surface area contributed by atoms with Gasteiger partial charge < -0.3 is 4.74 Å². The predicted octanol–water partition coefficient (Wildman–Crippen LogP) is 2.17. The van der Waals surface area contributed by atoms with Crippen LogP contribution in [-0.4, -0.2) is 11.5 Å². The highest BCUT2D eigenvalue weighted by molar-refractivity contribution is 5.57. The van der Waals surface area contributed by atoms with Crippen LogP contribution in [0.25, 0.3) is 0 Å². The molecule has 5 nitrogen and oxygen atoms in total. The zero-order valence-electron chi connectivity index (χ0n) is 8.48. The van der Waals surface area contributed by atoms with Gasteiger partial charge in [-0.05, 0) is 19.9 Å². The quantitative estimate of drug-likeness (QED) is 0.561. The molecule has 0 aliphatic heterocycles.